The Bertz CT molecular complexity index is 506. The number of rotatable bonds is 2. The maximum atomic E-state index is 11.5. The number of carbonyl (C=O) groups excluding carboxylic acids is 1. The van der Waals surface area contributed by atoms with Crippen molar-refractivity contribution in [3.8, 4) is 0 Å². The third kappa shape index (κ3) is 1.50. The summed E-state index contributed by atoms with van der Waals surface area (Å²) < 4.78 is 6.29. The number of ether oxygens (including phenoxy) is 1. The number of nitrogen functional groups attached to an aromatic ring is 1. The molecule has 2 N–H and O–H groups in total. The Labute approximate surface area is 85.7 Å². The number of fused-ring (bicyclic) bond motifs is 1. The van der Waals surface area contributed by atoms with Crippen molar-refractivity contribution in [1.29, 1.82) is 0 Å². The van der Waals surface area contributed by atoms with Crippen LogP contribution in [0.4, 0.5) is 5.82 Å². The van der Waals surface area contributed by atoms with E-state index in [4.69, 9.17) is 10.5 Å². The van der Waals surface area contributed by atoms with Crippen LogP contribution in [0.5, 0.6) is 0 Å². The van der Waals surface area contributed by atoms with Gasteiger partial charge in [0, 0.05) is 0 Å². The van der Waals surface area contributed by atoms with Crippen molar-refractivity contribution < 1.29 is 9.53 Å². The van der Waals surface area contributed by atoms with Gasteiger partial charge in [-0.3, -0.25) is 0 Å². The van der Waals surface area contributed by atoms with Gasteiger partial charge in [-0.15, -0.1) is 0 Å². The van der Waals surface area contributed by atoms with Crippen LogP contribution in [0.2, 0.25) is 0 Å². The Hall–Kier alpha value is -2.11. The predicted octanol–water partition coefficient (Wildman–Crippen LogP) is 0.488. The summed E-state index contributed by atoms with van der Waals surface area (Å²) in [5, 5.41) is 3.93. The number of anilines is 1. The fourth-order valence-corrected chi connectivity index (χ4v) is 1.31. The number of hydrogen-bond donors (Lipinski definition) is 1. The number of nitrogens with zero attached hydrogens (tertiary/aromatic N) is 3. The van der Waals surface area contributed by atoms with E-state index in [-0.39, 0.29) is 0 Å². The second-order valence-corrected chi connectivity index (χ2v) is 2.88. The average molecular weight is 206 g/mol. The summed E-state index contributed by atoms with van der Waals surface area (Å²) >= 11 is 0. The molecule has 6 heteroatoms. The van der Waals surface area contributed by atoms with E-state index < -0.39 is 5.97 Å². The highest BCUT2D eigenvalue weighted by atomic mass is 16.5. The molecular formula is C9H10N4O2. The van der Waals surface area contributed by atoms with Gasteiger partial charge in [-0.05, 0) is 19.1 Å². The lowest BCUT2D eigenvalue weighted by Crippen LogP contribution is -2.10. The molecule has 2 aromatic rings. The van der Waals surface area contributed by atoms with Crippen molar-refractivity contribution in [3.63, 3.8) is 0 Å². The normalized spacial score (nSPS) is 10.5. The molecule has 0 aliphatic carbocycles. The topological polar surface area (TPSA) is 82.5 Å². The Kier molecular flexibility index (Phi) is 2.24. The molecule has 2 aromatic heterocycles. The van der Waals surface area contributed by atoms with Crippen LogP contribution in [0.15, 0.2) is 18.5 Å². The van der Waals surface area contributed by atoms with Gasteiger partial charge in [-0.25, -0.2) is 14.3 Å². The predicted molar refractivity (Wildman–Crippen MR) is 53.4 cm³/mol. The van der Waals surface area contributed by atoms with Crippen LogP contribution >= 0.6 is 0 Å². The van der Waals surface area contributed by atoms with Crippen molar-refractivity contribution in [2.24, 2.45) is 0 Å². The standard InChI is InChI=1S/C9H10N4O2/c1-2-15-9(14)7-4-3-6-8(10)11-5-12-13(6)7/h3-5H,2H2,1H3,(H2,10,11,12). The molecule has 0 spiro atoms. The molecule has 2 heterocycles. The minimum atomic E-state index is -0.421. The lowest BCUT2D eigenvalue weighted by Gasteiger charge is -2.01. The molecule has 15 heavy (non-hydrogen) atoms. The quantitative estimate of drug-likeness (QED) is 0.723. The highest BCUT2D eigenvalue weighted by molar-refractivity contribution is 5.90. The molecule has 0 saturated carbocycles. The number of nitrogens with two attached hydrogens (primary N) is 1. The zero-order valence-corrected chi connectivity index (χ0v) is 8.17. The third-order valence-electron chi connectivity index (χ3n) is 1.97. The SMILES string of the molecule is CCOC(=O)c1ccc2c(N)ncnn12. The van der Waals surface area contributed by atoms with Crippen LogP contribution in [0.3, 0.4) is 0 Å². The zero-order valence-electron chi connectivity index (χ0n) is 8.17. The first-order valence-corrected chi connectivity index (χ1v) is 4.49. The lowest BCUT2D eigenvalue weighted by atomic mass is 10.4. The van der Waals surface area contributed by atoms with Gasteiger partial charge >= 0.3 is 5.97 Å². The van der Waals surface area contributed by atoms with E-state index in [2.05, 4.69) is 10.1 Å². The molecule has 0 radical (unpaired) electrons. The molecule has 0 saturated heterocycles. The minimum Gasteiger partial charge on any atom is -0.461 e. The van der Waals surface area contributed by atoms with Crippen LogP contribution in [0, 0.1) is 0 Å². The number of esters is 1. The fourth-order valence-electron chi connectivity index (χ4n) is 1.31. The first kappa shape index (κ1) is 9.45. The summed E-state index contributed by atoms with van der Waals surface area (Å²) in [4.78, 5) is 15.3. The summed E-state index contributed by atoms with van der Waals surface area (Å²) in [5.41, 5.74) is 6.57. The maximum absolute atomic E-state index is 11.5. The van der Waals surface area contributed by atoms with Crippen LogP contribution < -0.4 is 5.73 Å². The first-order valence-electron chi connectivity index (χ1n) is 4.49. The van der Waals surface area contributed by atoms with Gasteiger partial charge in [-0.2, -0.15) is 5.10 Å². The Morgan fingerprint density at radius 2 is 2.40 bits per heavy atom. The van der Waals surface area contributed by atoms with Crippen molar-refractivity contribution in [3.05, 3.63) is 24.2 Å². The smallest absolute Gasteiger partial charge is 0.356 e. The van der Waals surface area contributed by atoms with E-state index in [0.717, 1.165) is 0 Å². The van der Waals surface area contributed by atoms with E-state index in [1.165, 1.54) is 10.8 Å². The Morgan fingerprint density at radius 1 is 1.60 bits per heavy atom. The van der Waals surface area contributed by atoms with Gasteiger partial charge in [0.2, 0.25) is 0 Å². The molecular weight excluding hydrogens is 196 g/mol. The molecule has 0 bridgehead atoms. The lowest BCUT2D eigenvalue weighted by molar-refractivity contribution is 0.0517. The van der Waals surface area contributed by atoms with Crippen molar-refractivity contribution in [1.82, 2.24) is 14.6 Å². The van der Waals surface area contributed by atoms with Gasteiger partial charge in [0.05, 0.1) is 6.61 Å². The largest absolute Gasteiger partial charge is 0.461 e. The van der Waals surface area contributed by atoms with E-state index in [1.807, 2.05) is 0 Å². The molecule has 0 unspecified atom stereocenters. The van der Waals surface area contributed by atoms with Crippen LogP contribution in [-0.2, 0) is 4.74 Å². The molecule has 0 amide bonds. The second kappa shape index (κ2) is 3.56. The van der Waals surface area contributed by atoms with Crippen LogP contribution in [0.1, 0.15) is 17.4 Å². The molecule has 0 atom stereocenters. The van der Waals surface area contributed by atoms with Crippen LogP contribution in [-0.4, -0.2) is 27.2 Å². The summed E-state index contributed by atoms with van der Waals surface area (Å²) in [6.07, 6.45) is 1.30. The highest BCUT2D eigenvalue weighted by Gasteiger charge is 2.13. The second-order valence-electron chi connectivity index (χ2n) is 2.88. The van der Waals surface area contributed by atoms with Gasteiger partial charge in [0.15, 0.2) is 11.5 Å². The summed E-state index contributed by atoms with van der Waals surface area (Å²) in [7, 11) is 0. The van der Waals surface area contributed by atoms with Gasteiger partial charge in [0.1, 0.15) is 11.8 Å². The van der Waals surface area contributed by atoms with Gasteiger partial charge in [0.25, 0.3) is 0 Å². The molecule has 0 aliphatic heterocycles. The summed E-state index contributed by atoms with van der Waals surface area (Å²) in [6.45, 7) is 2.07. The molecule has 0 aliphatic rings. The van der Waals surface area contributed by atoms with Crippen molar-refractivity contribution in [2.45, 2.75) is 6.92 Å². The Morgan fingerprint density at radius 3 is 3.13 bits per heavy atom. The van der Waals surface area contributed by atoms with Crippen molar-refractivity contribution >= 4 is 17.3 Å². The Balaban J connectivity index is 2.54. The number of carbonyl (C=O) groups is 1. The molecule has 6 nitrogen and oxygen atoms in total. The minimum absolute atomic E-state index is 0.326. The first-order chi connectivity index (χ1) is 7.24. The number of hydrogen-bond acceptors (Lipinski definition) is 5. The van der Waals surface area contributed by atoms with E-state index in [1.54, 1.807) is 19.1 Å². The van der Waals surface area contributed by atoms with Gasteiger partial charge in [-0.1, -0.05) is 0 Å². The van der Waals surface area contributed by atoms with E-state index >= 15 is 0 Å². The molecule has 0 fully saturated rings. The fraction of sp³-hybridized carbons (Fsp3) is 0.222. The summed E-state index contributed by atoms with van der Waals surface area (Å²) in [5.74, 6) is -0.0869. The monoisotopic (exact) mass is 206 g/mol. The number of aromatic nitrogens is 3. The molecule has 0 aromatic carbocycles. The van der Waals surface area contributed by atoms with E-state index in [9.17, 15) is 4.79 Å². The zero-order chi connectivity index (χ0) is 10.8. The van der Waals surface area contributed by atoms with Gasteiger partial charge < -0.3 is 10.5 Å². The highest BCUT2D eigenvalue weighted by Crippen LogP contribution is 2.13. The molecule has 2 rings (SSSR count). The van der Waals surface area contributed by atoms with Crippen molar-refractivity contribution in [2.75, 3.05) is 12.3 Å². The van der Waals surface area contributed by atoms with E-state index in [0.29, 0.717) is 23.6 Å². The van der Waals surface area contributed by atoms with Crippen LogP contribution in [0.25, 0.3) is 5.52 Å². The average Bonchev–Trinajstić information content (AvgIpc) is 2.63. The molecule has 78 valence electrons. The summed E-state index contributed by atoms with van der Waals surface area (Å²) in [6, 6.07) is 3.29. The maximum Gasteiger partial charge on any atom is 0.356 e. The third-order valence-corrected chi connectivity index (χ3v) is 1.97.